The van der Waals surface area contributed by atoms with Crippen LogP contribution < -0.4 is 5.32 Å². The van der Waals surface area contributed by atoms with E-state index < -0.39 is 0 Å². The van der Waals surface area contributed by atoms with E-state index in [1.165, 1.54) is 7.11 Å². The van der Waals surface area contributed by atoms with Gasteiger partial charge in [0, 0.05) is 11.9 Å². The monoisotopic (exact) mass is 163 g/mol. The highest BCUT2D eigenvalue weighted by molar-refractivity contribution is 6.21. The maximum absolute atomic E-state index is 10.8. The van der Waals surface area contributed by atoms with Crippen LogP contribution in [0.3, 0.4) is 0 Å². The summed E-state index contributed by atoms with van der Waals surface area (Å²) in [7, 11) is 1.38. The van der Waals surface area contributed by atoms with Crippen molar-refractivity contribution >= 4 is 17.6 Å². The molecular weight excluding hydrogens is 154 g/mol. The Balaban J connectivity index is 2.37. The van der Waals surface area contributed by atoms with Gasteiger partial charge >= 0.3 is 5.97 Å². The van der Waals surface area contributed by atoms with Crippen LogP contribution in [0.15, 0.2) is 0 Å². The van der Waals surface area contributed by atoms with Crippen LogP contribution >= 0.6 is 11.6 Å². The number of halogens is 1. The zero-order valence-electron chi connectivity index (χ0n) is 5.76. The molecule has 2 atom stereocenters. The van der Waals surface area contributed by atoms with Crippen molar-refractivity contribution in [2.24, 2.45) is 0 Å². The average Bonchev–Trinajstić information content (AvgIpc) is 2.34. The Hall–Kier alpha value is -0.280. The van der Waals surface area contributed by atoms with Gasteiger partial charge in [0.2, 0.25) is 0 Å². The van der Waals surface area contributed by atoms with Gasteiger partial charge in [0.05, 0.1) is 7.11 Å². The summed E-state index contributed by atoms with van der Waals surface area (Å²) in [5.74, 6) is -0.219. The number of esters is 1. The molecular formula is C6H10ClNO2. The number of rotatable bonds is 1. The third-order valence-corrected chi connectivity index (χ3v) is 1.90. The normalized spacial score (nSPS) is 32.2. The molecule has 0 saturated carbocycles. The highest BCUT2D eigenvalue weighted by Gasteiger charge is 2.28. The fourth-order valence-corrected chi connectivity index (χ4v) is 1.28. The van der Waals surface area contributed by atoms with E-state index in [4.69, 9.17) is 11.6 Å². The molecule has 1 heterocycles. The van der Waals surface area contributed by atoms with Crippen LogP contribution in [0, 0.1) is 0 Å². The summed E-state index contributed by atoms with van der Waals surface area (Å²) in [5.41, 5.74) is 0. The third-order valence-electron chi connectivity index (χ3n) is 1.56. The number of nitrogens with one attached hydrogen (secondary N) is 1. The van der Waals surface area contributed by atoms with Crippen molar-refractivity contribution in [3.63, 3.8) is 0 Å². The summed E-state index contributed by atoms with van der Waals surface area (Å²) < 4.78 is 4.52. The minimum Gasteiger partial charge on any atom is -0.468 e. The summed E-state index contributed by atoms with van der Waals surface area (Å²) in [6, 6.07) is -0.188. The molecule has 0 aromatic carbocycles. The standard InChI is InChI=1S/C6H10ClNO2/c1-10-6(9)5-2-4(7)3-8-5/h4-5,8H,2-3H2,1H3/t4-,5?/m0/s1. The van der Waals surface area contributed by atoms with E-state index in [1.807, 2.05) is 0 Å². The van der Waals surface area contributed by atoms with Crippen molar-refractivity contribution in [3.05, 3.63) is 0 Å². The molecule has 0 bridgehead atoms. The molecule has 0 amide bonds. The van der Waals surface area contributed by atoms with Gasteiger partial charge in [-0.2, -0.15) is 0 Å². The summed E-state index contributed by atoms with van der Waals surface area (Å²) >= 11 is 5.74. The molecule has 1 saturated heterocycles. The molecule has 0 radical (unpaired) electrons. The average molecular weight is 164 g/mol. The van der Waals surface area contributed by atoms with Crippen LogP contribution in [0.4, 0.5) is 0 Å². The van der Waals surface area contributed by atoms with Crippen LogP contribution in [0.5, 0.6) is 0 Å². The summed E-state index contributed by atoms with van der Waals surface area (Å²) in [6.45, 7) is 0.696. The molecule has 1 rings (SSSR count). The zero-order chi connectivity index (χ0) is 7.56. The van der Waals surface area contributed by atoms with E-state index in [1.54, 1.807) is 0 Å². The molecule has 1 N–H and O–H groups in total. The second kappa shape index (κ2) is 3.21. The molecule has 0 aliphatic carbocycles. The number of hydrogen-bond donors (Lipinski definition) is 1. The van der Waals surface area contributed by atoms with Crippen LogP contribution in [0.1, 0.15) is 6.42 Å². The molecule has 0 aromatic rings. The van der Waals surface area contributed by atoms with E-state index in [0.717, 1.165) is 0 Å². The Labute approximate surface area is 64.7 Å². The Morgan fingerprint density at radius 1 is 1.80 bits per heavy atom. The molecule has 0 aromatic heterocycles. The molecule has 0 spiro atoms. The molecule has 1 aliphatic heterocycles. The Morgan fingerprint density at radius 3 is 2.90 bits per heavy atom. The molecule has 1 unspecified atom stereocenters. The van der Waals surface area contributed by atoms with Gasteiger partial charge in [-0.3, -0.25) is 4.79 Å². The lowest BCUT2D eigenvalue weighted by atomic mass is 10.2. The van der Waals surface area contributed by atoms with Crippen molar-refractivity contribution in [2.75, 3.05) is 13.7 Å². The van der Waals surface area contributed by atoms with Gasteiger partial charge in [0.25, 0.3) is 0 Å². The lowest BCUT2D eigenvalue weighted by Gasteiger charge is -2.05. The number of carbonyl (C=O) groups excluding carboxylic acids is 1. The maximum Gasteiger partial charge on any atom is 0.322 e. The summed E-state index contributed by atoms with van der Waals surface area (Å²) in [5, 5.41) is 3.02. The number of ether oxygens (including phenoxy) is 1. The predicted octanol–water partition coefficient (Wildman–Crippen LogP) is 0.129. The van der Waals surface area contributed by atoms with Crippen molar-refractivity contribution < 1.29 is 9.53 Å². The van der Waals surface area contributed by atoms with Crippen molar-refractivity contribution in [2.45, 2.75) is 17.8 Å². The first-order valence-electron chi connectivity index (χ1n) is 3.19. The van der Waals surface area contributed by atoms with Crippen molar-refractivity contribution in [3.8, 4) is 0 Å². The van der Waals surface area contributed by atoms with Crippen LogP contribution in [-0.2, 0) is 9.53 Å². The Bertz CT molecular complexity index is 140. The topological polar surface area (TPSA) is 38.3 Å². The van der Waals surface area contributed by atoms with E-state index in [-0.39, 0.29) is 17.4 Å². The van der Waals surface area contributed by atoms with Gasteiger partial charge in [0.15, 0.2) is 0 Å². The third kappa shape index (κ3) is 1.61. The summed E-state index contributed by atoms with van der Waals surface area (Å²) in [4.78, 5) is 10.8. The van der Waals surface area contributed by atoms with Gasteiger partial charge in [-0.25, -0.2) is 0 Å². The molecule has 4 heteroatoms. The summed E-state index contributed by atoms with van der Waals surface area (Å²) in [6.07, 6.45) is 0.675. The predicted molar refractivity (Wildman–Crippen MR) is 38.1 cm³/mol. The largest absolute Gasteiger partial charge is 0.468 e. The van der Waals surface area contributed by atoms with Gasteiger partial charge in [0.1, 0.15) is 6.04 Å². The minimum absolute atomic E-state index is 0.0732. The van der Waals surface area contributed by atoms with Gasteiger partial charge in [-0.1, -0.05) is 0 Å². The van der Waals surface area contributed by atoms with E-state index in [9.17, 15) is 4.79 Å². The maximum atomic E-state index is 10.8. The van der Waals surface area contributed by atoms with Crippen molar-refractivity contribution in [1.82, 2.24) is 5.32 Å². The lowest BCUT2D eigenvalue weighted by molar-refractivity contribution is -0.142. The van der Waals surface area contributed by atoms with Gasteiger partial charge < -0.3 is 10.1 Å². The molecule has 10 heavy (non-hydrogen) atoms. The first-order chi connectivity index (χ1) is 4.74. The highest BCUT2D eigenvalue weighted by atomic mass is 35.5. The molecule has 3 nitrogen and oxygen atoms in total. The Kier molecular flexibility index (Phi) is 2.51. The van der Waals surface area contributed by atoms with E-state index >= 15 is 0 Å². The molecule has 1 aliphatic rings. The quantitative estimate of drug-likeness (QED) is 0.441. The van der Waals surface area contributed by atoms with Crippen molar-refractivity contribution in [1.29, 1.82) is 0 Å². The fraction of sp³-hybridized carbons (Fsp3) is 0.833. The molecule has 58 valence electrons. The first kappa shape index (κ1) is 7.82. The lowest BCUT2D eigenvalue weighted by Crippen LogP contribution is -2.31. The second-order valence-electron chi connectivity index (χ2n) is 2.32. The van der Waals surface area contributed by atoms with Crippen LogP contribution in [-0.4, -0.2) is 31.0 Å². The fourth-order valence-electron chi connectivity index (χ4n) is 1.01. The Morgan fingerprint density at radius 2 is 2.50 bits per heavy atom. The number of methoxy groups -OCH3 is 1. The van der Waals surface area contributed by atoms with Gasteiger partial charge in [-0.15, -0.1) is 11.6 Å². The van der Waals surface area contributed by atoms with E-state index in [0.29, 0.717) is 13.0 Å². The van der Waals surface area contributed by atoms with Crippen LogP contribution in [0.25, 0.3) is 0 Å². The minimum atomic E-state index is -0.219. The number of alkyl halides is 1. The smallest absolute Gasteiger partial charge is 0.322 e. The number of carbonyl (C=O) groups is 1. The van der Waals surface area contributed by atoms with Gasteiger partial charge in [-0.05, 0) is 6.42 Å². The molecule has 1 fully saturated rings. The van der Waals surface area contributed by atoms with E-state index in [2.05, 4.69) is 10.1 Å². The SMILES string of the molecule is COC(=O)C1C[C@H](Cl)CN1. The second-order valence-corrected chi connectivity index (χ2v) is 2.93. The number of hydrogen-bond acceptors (Lipinski definition) is 3. The first-order valence-corrected chi connectivity index (χ1v) is 3.63. The van der Waals surface area contributed by atoms with Crippen LogP contribution in [0.2, 0.25) is 0 Å². The zero-order valence-corrected chi connectivity index (χ0v) is 6.52. The highest BCUT2D eigenvalue weighted by Crippen LogP contribution is 2.12.